The maximum Gasteiger partial charge on any atom is 0.265 e. The number of carbonyl (C=O) groups is 1. The number of likely N-dealkylation sites (tertiary alicyclic amines) is 2. The van der Waals surface area contributed by atoms with E-state index >= 15 is 0 Å². The van der Waals surface area contributed by atoms with Crippen LogP contribution in [-0.4, -0.2) is 67.9 Å². The van der Waals surface area contributed by atoms with E-state index in [-0.39, 0.29) is 11.9 Å². The van der Waals surface area contributed by atoms with Gasteiger partial charge in [0.2, 0.25) is 10.0 Å². The quantitative estimate of drug-likeness (QED) is 0.675. The Bertz CT molecular complexity index is 1010. The number of rotatable bonds is 7. The lowest BCUT2D eigenvalue weighted by Crippen LogP contribution is -2.39. The van der Waals surface area contributed by atoms with E-state index in [1.54, 1.807) is 6.07 Å². The van der Waals surface area contributed by atoms with Crippen molar-refractivity contribution in [2.45, 2.75) is 49.8 Å². The summed E-state index contributed by atoms with van der Waals surface area (Å²) < 4.78 is 28.6. The summed E-state index contributed by atoms with van der Waals surface area (Å²) in [5.74, 6) is 0.0375. The minimum absolute atomic E-state index is 0.0375. The van der Waals surface area contributed by atoms with E-state index in [1.807, 2.05) is 17.2 Å². The summed E-state index contributed by atoms with van der Waals surface area (Å²) in [4.78, 5) is 22.1. The van der Waals surface area contributed by atoms with Gasteiger partial charge in [0.25, 0.3) is 5.91 Å². The fourth-order valence-electron chi connectivity index (χ4n) is 4.17. The number of hydrogen-bond donors (Lipinski definition) is 1. The molecule has 1 atom stereocenters. The molecule has 2 aliphatic rings. The first-order valence-electron chi connectivity index (χ1n) is 10.5. The summed E-state index contributed by atoms with van der Waals surface area (Å²) >= 11 is 2.55. The molecule has 2 aromatic heterocycles. The summed E-state index contributed by atoms with van der Waals surface area (Å²) in [5.41, 5.74) is 1.46. The van der Waals surface area contributed by atoms with Gasteiger partial charge in [0.15, 0.2) is 0 Å². The summed E-state index contributed by atoms with van der Waals surface area (Å²) in [5, 5.41) is 2.51. The zero-order valence-corrected chi connectivity index (χ0v) is 19.8. The van der Waals surface area contributed by atoms with Crippen LogP contribution < -0.4 is 4.72 Å². The number of thiazole rings is 1. The molecule has 4 heterocycles. The van der Waals surface area contributed by atoms with Crippen molar-refractivity contribution in [1.29, 1.82) is 0 Å². The van der Waals surface area contributed by atoms with Crippen LogP contribution in [-0.2, 0) is 10.0 Å². The van der Waals surface area contributed by atoms with Crippen LogP contribution in [0.2, 0.25) is 0 Å². The average Bonchev–Trinajstić information content (AvgIpc) is 3.52. The number of aromatic nitrogens is 1. The van der Waals surface area contributed by atoms with Crippen molar-refractivity contribution in [1.82, 2.24) is 19.5 Å². The van der Waals surface area contributed by atoms with Crippen LogP contribution in [0, 0.1) is 6.92 Å². The number of nitrogens with zero attached hydrogens (tertiary/aromatic N) is 3. The number of amides is 1. The van der Waals surface area contributed by atoms with E-state index in [0.29, 0.717) is 26.3 Å². The van der Waals surface area contributed by atoms with Crippen LogP contribution in [0.4, 0.5) is 0 Å². The molecule has 0 saturated carbocycles. The van der Waals surface area contributed by atoms with E-state index in [1.165, 1.54) is 22.7 Å². The first-order valence-corrected chi connectivity index (χ1v) is 13.7. The molecule has 2 saturated heterocycles. The standard InChI is InChI=1S/C20H28N4O3S3/c1-3-23-10-6-7-16(23)12-21-30(26,27)17-11-15(13-28-17)19-22-14(2)18(29-19)20(25)24-8-4-5-9-24/h11,13,16,21H,3-10,12H2,1-2H3. The van der Waals surface area contributed by atoms with Gasteiger partial charge in [-0.1, -0.05) is 6.92 Å². The van der Waals surface area contributed by atoms with Gasteiger partial charge in [0.05, 0.1) is 5.69 Å². The van der Waals surface area contributed by atoms with Crippen molar-refractivity contribution in [3.8, 4) is 10.6 Å². The molecule has 10 heteroatoms. The summed E-state index contributed by atoms with van der Waals surface area (Å²) in [7, 11) is -3.56. The Kier molecular flexibility index (Phi) is 6.59. The van der Waals surface area contributed by atoms with Crippen molar-refractivity contribution >= 4 is 38.6 Å². The van der Waals surface area contributed by atoms with Crippen molar-refractivity contribution in [2.75, 3.05) is 32.7 Å². The molecule has 164 valence electrons. The Labute approximate surface area is 186 Å². The van der Waals surface area contributed by atoms with Crippen molar-refractivity contribution < 1.29 is 13.2 Å². The van der Waals surface area contributed by atoms with E-state index in [2.05, 4.69) is 21.5 Å². The molecular formula is C20H28N4O3S3. The first kappa shape index (κ1) is 21.9. The van der Waals surface area contributed by atoms with Crippen LogP contribution in [0.1, 0.15) is 48.0 Å². The molecule has 30 heavy (non-hydrogen) atoms. The maximum atomic E-state index is 12.8. The summed E-state index contributed by atoms with van der Waals surface area (Å²) in [6.45, 7) is 7.97. The van der Waals surface area contributed by atoms with E-state index in [9.17, 15) is 13.2 Å². The molecule has 2 fully saturated rings. The minimum atomic E-state index is -3.56. The van der Waals surface area contributed by atoms with Crippen molar-refractivity contribution in [3.63, 3.8) is 0 Å². The van der Waals surface area contributed by atoms with Gasteiger partial charge < -0.3 is 4.90 Å². The number of sulfonamides is 1. The highest BCUT2D eigenvalue weighted by molar-refractivity contribution is 7.91. The van der Waals surface area contributed by atoms with Crippen LogP contribution in [0.25, 0.3) is 10.6 Å². The van der Waals surface area contributed by atoms with E-state index in [4.69, 9.17) is 0 Å². The monoisotopic (exact) mass is 468 g/mol. The van der Waals surface area contributed by atoms with Gasteiger partial charge in [-0.3, -0.25) is 9.69 Å². The second kappa shape index (κ2) is 9.04. The smallest absolute Gasteiger partial charge is 0.265 e. The minimum Gasteiger partial charge on any atom is -0.338 e. The molecule has 0 radical (unpaired) electrons. The highest BCUT2D eigenvalue weighted by Crippen LogP contribution is 2.34. The van der Waals surface area contributed by atoms with Gasteiger partial charge in [-0.15, -0.1) is 22.7 Å². The lowest BCUT2D eigenvalue weighted by Gasteiger charge is -2.22. The Balaban J connectivity index is 1.47. The third-order valence-corrected chi connectivity index (χ3v) is 9.94. The van der Waals surface area contributed by atoms with Gasteiger partial charge >= 0.3 is 0 Å². The van der Waals surface area contributed by atoms with Gasteiger partial charge in [-0.2, -0.15) is 0 Å². The van der Waals surface area contributed by atoms with Gasteiger partial charge in [-0.25, -0.2) is 18.1 Å². The molecule has 1 amide bonds. The molecule has 0 bridgehead atoms. The molecule has 0 aromatic carbocycles. The average molecular weight is 469 g/mol. The molecule has 2 aromatic rings. The van der Waals surface area contributed by atoms with Crippen LogP contribution in [0.15, 0.2) is 15.7 Å². The normalized spacial score (nSPS) is 20.3. The Morgan fingerprint density at radius 1 is 1.27 bits per heavy atom. The zero-order valence-electron chi connectivity index (χ0n) is 17.4. The van der Waals surface area contributed by atoms with Gasteiger partial charge in [0.1, 0.15) is 14.1 Å². The van der Waals surface area contributed by atoms with Crippen molar-refractivity contribution in [3.05, 3.63) is 22.0 Å². The second-order valence-electron chi connectivity index (χ2n) is 7.86. The number of carbonyl (C=O) groups excluding carboxylic acids is 1. The lowest BCUT2D eigenvalue weighted by molar-refractivity contribution is 0.0796. The zero-order chi connectivity index (χ0) is 21.3. The van der Waals surface area contributed by atoms with Crippen LogP contribution in [0.3, 0.4) is 0 Å². The molecule has 1 N–H and O–H groups in total. The molecule has 0 spiro atoms. The molecule has 4 rings (SSSR count). The summed E-state index contributed by atoms with van der Waals surface area (Å²) in [6.07, 6.45) is 4.24. The topological polar surface area (TPSA) is 82.6 Å². The number of likely N-dealkylation sites (N-methyl/N-ethyl adjacent to an activating group) is 1. The highest BCUT2D eigenvalue weighted by atomic mass is 32.2. The molecule has 7 nitrogen and oxygen atoms in total. The third kappa shape index (κ3) is 4.47. The van der Waals surface area contributed by atoms with Gasteiger partial charge in [0, 0.05) is 36.6 Å². The highest BCUT2D eigenvalue weighted by Gasteiger charge is 2.27. The molecule has 2 aliphatic heterocycles. The van der Waals surface area contributed by atoms with Crippen molar-refractivity contribution in [2.24, 2.45) is 0 Å². The number of thiophene rings is 1. The van der Waals surface area contributed by atoms with E-state index < -0.39 is 10.0 Å². The SMILES string of the molecule is CCN1CCCC1CNS(=O)(=O)c1cc(-c2nc(C)c(C(=O)N3CCCC3)s2)cs1. The predicted molar refractivity (Wildman–Crippen MR) is 121 cm³/mol. The van der Waals surface area contributed by atoms with Gasteiger partial charge in [-0.05, 0) is 51.8 Å². The van der Waals surface area contributed by atoms with Crippen LogP contribution in [0.5, 0.6) is 0 Å². The Morgan fingerprint density at radius 3 is 2.77 bits per heavy atom. The first-order chi connectivity index (χ1) is 14.4. The number of nitrogens with one attached hydrogen (secondary N) is 1. The lowest BCUT2D eigenvalue weighted by atomic mass is 10.2. The maximum absolute atomic E-state index is 12.8. The third-order valence-electron chi connectivity index (χ3n) is 5.89. The fourth-order valence-corrected chi connectivity index (χ4v) is 7.55. The largest absolute Gasteiger partial charge is 0.338 e. The second-order valence-corrected chi connectivity index (χ2v) is 11.8. The Morgan fingerprint density at radius 2 is 2.03 bits per heavy atom. The molecule has 0 aliphatic carbocycles. The predicted octanol–water partition coefficient (Wildman–Crippen LogP) is 3.18. The van der Waals surface area contributed by atoms with E-state index in [0.717, 1.165) is 57.4 Å². The number of aryl methyl sites for hydroxylation is 1. The Hall–Kier alpha value is -1.33. The molecule has 1 unspecified atom stereocenters. The fraction of sp³-hybridized carbons (Fsp3) is 0.600. The van der Waals surface area contributed by atoms with Crippen LogP contribution >= 0.6 is 22.7 Å². The number of hydrogen-bond acceptors (Lipinski definition) is 7. The summed E-state index contributed by atoms with van der Waals surface area (Å²) in [6, 6.07) is 1.94. The molecular weight excluding hydrogens is 440 g/mol.